The van der Waals surface area contributed by atoms with Crippen LogP contribution in [0.5, 0.6) is 0 Å². The van der Waals surface area contributed by atoms with E-state index >= 15 is 0 Å². The zero-order valence-corrected chi connectivity index (χ0v) is 34.3. The number of furan rings is 1. The van der Waals surface area contributed by atoms with Crippen molar-refractivity contribution in [2.45, 2.75) is 77.7 Å². The lowest BCUT2D eigenvalue weighted by Crippen LogP contribution is -2.48. The smallest absolute Gasteiger partial charge is 0.218 e. The molecule has 0 saturated heterocycles. The second-order valence-corrected chi connectivity index (χ2v) is 19.1. The number of hydrogen-bond acceptors (Lipinski definition) is 1. The van der Waals surface area contributed by atoms with Crippen LogP contribution in [0.1, 0.15) is 87.7 Å². The van der Waals surface area contributed by atoms with Gasteiger partial charge in [0, 0.05) is 61.8 Å². The first-order valence-corrected chi connectivity index (χ1v) is 20.9. The Morgan fingerprint density at radius 2 is 1.43 bits per heavy atom. The van der Waals surface area contributed by atoms with Gasteiger partial charge in [0.05, 0.1) is 33.4 Å². The first kappa shape index (κ1) is 33.8. The topological polar surface area (TPSA) is 25.3 Å². The predicted molar refractivity (Wildman–Crippen MR) is 239 cm³/mol. The molecule has 0 N–H and O–H groups in total. The minimum absolute atomic E-state index is 0.0193. The van der Waals surface area contributed by atoms with Crippen molar-refractivity contribution in [1.82, 2.24) is 4.40 Å². The quantitative estimate of drug-likeness (QED) is 0.142. The van der Waals surface area contributed by atoms with Gasteiger partial charge in [-0.25, -0.2) is 0 Å². The summed E-state index contributed by atoms with van der Waals surface area (Å²) >= 11 is 0. The fraction of sp³-hybridized carbons (Fsp3) is 0.222. The molecule has 4 nitrogen and oxygen atoms in total. The van der Waals surface area contributed by atoms with E-state index in [1.54, 1.807) is 0 Å². The second-order valence-electron chi connectivity index (χ2n) is 19.1. The molecule has 0 bridgehead atoms. The van der Waals surface area contributed by atoms with Crippen LogP contribution in [0.15, 0.2) is 132 Å². The first-order chi connectivity index (χ1) is 27.9. The summed E-state index contributed by atoms with van der Waals surface area (Å²) in [5.41, 5.74) is 17.3. The van der Waals surface area contributed by atoms with Gasteiger partial charge in [0.25, 0.3) is 0 Å². The van der Waals surface area contributed by atoms with Crippen LogP contribution in [0.2, 0.25) is 0 Å². The third-order valence-electron chi connectivity index (χ3n) is 13.5. The van der Waals surface area contributed by atoms with E-state index in [0.717, 1.165) is 23.0 Å². The Morgan fingerprint density at radius 1 is 0.638 bits per heavy atom. The van der Waals surface area contributed by atoms with Gasteiger partial charge in [0.15, 0.2) is 24.6 Å². The molecular weight excluding hydrogens is 707 g/mol. The highest BCUT2D eigenvalue weighted by molar-refractivity contribution is 6.33. The predicted octanol–water partition coefficient (Wildman–Crippen LogP) is 13.1. The number of nitrogens with zero attached hydrogens (tertiary/aromatic N) is 3. The molecule has 2 aliphatic heterocycles. The number of aryl methyl sites for hydroxylation is 1. The normalized spacial score (nSPS) is 17.3. The van der Waals surface area contributed by atoms with Gasteiger partial charge in [-0.3, -0.25) is 0 Å². The fourth-order valence-corrected chi connectivity index (χ4v) is 10.5. The van der Waals surface area contributed by atoms with Crippen molar-refractivity contribution < 1.29 is 13.6 Å². The van der Waals surface area contributed by atoms with E-state index in [9.17, 15) is 0 Å². The summed E-state index contributed by atoms with van der Waals surface area (Å²) < 4.78 is 14.5. The van der Waals surface area contributed by atoms with Gasteiger partial charge < -0.3 is 8.82 Å². The molecule has 12 rings (SSSR count). The lowest BCUT2D eigenvalue weighted by molar-refractivity contribution is -0.708. The van der Waals surface area contributed by atoms with Crippen molar-refractivity contribution in [1.29, 1.82) is 0 Å². The molecule has 0 spiro atoms. The van der Waals surface area contributed by atoms with Crippen LogP contribution in [0.25, 0.3) is 88.7 Å². The van der Waals surface area contributed by atoms with Crippen LogP contribution >= 0.6 is 0 Å². The molecule has 5 aromatic heterocycles. The van der Waals surface area contributed by atoms with E-state index in [-0.39, 0.29) is 22.8 Å². The molecule has 282 valence electrons. The third-order valence-corrected chi connectivity index (χ3v) is 13.5. The van der Waals surface area contributed by atoms with Crippen LogP contribution in [0, 0.1) is 6.92 Å². The molecule has 58 heavy (non-hydrogen) atoms. The molecule has 5 aromatic carbocycles. The van der Waals surface area contributed by atoms with Crippen LogP contribution in [-0.2, 0) is 10.8 Å². The number of pyridine rings is 2. The van der Waals surface area contributed by atoms with Crippen LogP contribution in [-0.4, -0.2) is 4.40 Å². The number of rotatable bonds is 0. The molecule has 2 atom stereocenters. The Bertz CT molecular complexity index is 3420. The van der Waals surface area contributed by atoms with Crippen LogP contribution in [0.3, 0.4) is 0 Å². The molecule has 0 fully saturated rings. The molecule has 0 saturated carbocycles. The molecule has 4 heteroatoms. The summed E-state index contributed by atoms with van der Waals surface area (Å²) in [5, 5.41) is 7.33. The number of fused-ring (bicyclic) bond motifs is 20. The number of allylic oxidation sites excluding steroid dienone is 1. The summed E-state index contributed by atoms with van der Waals surface area (Å²) in [7, 11) is 0. The van der Waals surface area contributed by atoms with Crippen molar-refractivity contribution in [3.05, 3.63) is 155 Å². The van der Waals surface area contributed by atoms with Crippen molar-refractivity contribution in [2.24, 2.45) is 0 Å². The van der Waals surface area contributed by atoms with E-state index in [1.165, 1.54) is 93.8 Å². The zero-order chi connectivity index (χ0) is 39.4. The SMILES string of the molecule is Cc1ccc2[n+](c1)C1c3cc4c(cc3-c3cc(C(C)(C)C)cc[n+]3/C=C/CC1c1ccccc1-2)c1c2oc3ccccc3c2cc2c3cc(C(C)(C)C)ccc3n4c21. The molecule has 0 aliphatic carbocycles. The Labute approximate surface area is 338 Å². The average Bonchev–Trinajstić information content (AvgIpc) is 3.86. The summed E-state index contributed by atoms with van der Waals surface area (Å²) in [6, 6.07) is 41.7. The monoisotopic (exact) mass is 753 g/mol. The van der Waals surface area contributed by atoms with Crippen molar-refractivity contribution in [3.8, 4) is 22.5 Å². The Kier molecular flexibility index (Phi) is 6.68. The highest BCUT2D eigenvalue weighted by Gasteiger charge is 2.44. The van der Waals surface area contributed by atoms with Gasteiger partial charge in [-0.05, 0) is 95.5 Å². The third kappa shape index (κ3) is 4.57. The molecule has 2 aliphatic rings. The second kappa shape index (κ2) is 11.4. The highest BCUT2D eigenvalue weighted by Crippen LogP contribution is 2.51. The van der Waals surface area contributed by atoms with Crippen LogP contribution < -0.4 is 9.13 Å². The van der Waals surface area contributed by atoms with Gasteiger partial charge in [0.1, 0.15) is 11.2 Å². The molecule has 0 radical (unpaired) electrons. The first-order valence-electron chi connectivity index (χ1n) is 20.9. The van der Waals surface area contributed by atoms with Gasteiger partial charge in [-0.2, -0.15) is 9.13 Å². The Morgan fingerprint density at radius 3 is 2.28 bits per heavy atom. The summed E-state index contributed by atoms with van der Waals surface area (Å²) in [6.07, 6.45) is 10.3. The Hall–Kier alpha value is -6.26. The Balaban J connectivity index is 1.30. The lowest BCUT2D eigenvalue weighted by Gasteiger charge is -2.31. The zero-order valence-electron chi connectivity index (χ0n) is 34.3. The summed E-state index contributed by atoms with van der Waals surface area (Å²) in [5.74, 6) is 0.224. The molecule has 2 unspecified atom stereocenters. The summed E-state index contributed by atoms with van der Waals surface area (Å²) in [4.78, 5) is 0. The standard InChI is InChI=1S/C54H47N3O/c1-31-18-20-44-35-14-9-8-13-34(35)37-16-12-23-55-24-22-33(54(5,6)7)26-46(55)39-27-43-47(29-41(39)50(37)56(44)30-31)57-45-21-19-32(53(2,3)4)25-38(45)40-28-42-36-15-10-11-17-48(36)58-52(42)49(43)51(40)57/h8-15,17-30,37,50H,16H2,1-7H3/q+2/b23-12+. The number of aromatic nitrogens is 3. The van der Waals surface area contributed by atoms with Gasteiger partial charge in [0.2, 0.25) is 11.4 Å². The van der Waals surface area contributed by atoms with Crippen molar-refractivity contribution >= 4 is 66.2 Å². The van der Waals surface area contributed by atoms with E-state index < -0.39 is 0 Å². The molecular formula is C54H47N3O+2. The minimum atomic E-state index is -0.0193. The molecule has 0 amide bonds. The maximum absolute atomic E-state index is 6.94. The van der Waals surface area contributed by atoms with E-state index in [4.69, 9.17) is 4.42 Å². The maximum Gasteiger partial charge on any atom is 0.218 e. The van der Waals surface area contributed by atoms with Gasteiger partial charge >= 0.3 is 0 Å². The number of para-hydroxylation sites is 1. The maximum atomic E-state index is 6.94. The molecule has 10 aromatic rings. The van der Waals surface area contributed by atoms with E-state index in [0.29, 0.717) is 0 Å². The summed E-state index contributed by atoms with van der Waals surface area (Å²) in [6.45, 7) is 16.1. The minimum Gasteiger partial charge on any atom is -0.455 e. The molecule has 7 heterocycles. The van der Waals surface area contributed by atoms with Gasteiger partial charge in [-0.15, -0.1) is 0 Å². The van der Waals surface area contributed by atoms with Crippen LogP contribution in [0.4, 0.5) is 0 Å². The average molecular weight is 754 g/mol. The number of hydrogen-bond donors (Lipinski definition) is 0. The van der Waals surface area contributed by atoms with E-state index in [1.807, 2.05) is 0 Å². The van der Waals surface area contributed by atoms with Crippen molar-refractivity contribution in [3.63, 3.8) is 0 Å². The largest absolute Gasteiger partial charge is 0.455 e. The van der Waals surface area contributed by atoms with Gasteiger partial charge in [-0.1, -0.05) is 84.0 Å². The van der Waals surface area contributed by atoms with E-state index in [2.05, 4.69) is 196 Å². The lowest BCUT2D eigenvalue weighted by atomic mass is 9.76. The number of benzene rings is 5. The highest BCUT2D eigenvalue weighted by atomic mass is 16.3. The fourth-order valence-electron chi connectivity index (χ4n) is 10.5. The van der Waals surface area contributed by atoms with Crippen molar-refractivity contribution in [2.75, 3.05) is 0 Å².